The van der Waals surface area contributed by atoms with Crippen molar-refractivity contribution in [2.75, 3.05) is 0 Å². The Labute approximate surface area is 252 Å². The fourth-order valence-electron chi connectivity index (χ4n) is 0. The summed E-state index contributed by atoms with van der Waals surface area (Å²) >= 11 is 0. The molecule has 0 atom stereocenters. The molecule has 0 aromatic carbocycles. The topological polar surface area (TPSA) is 256 Å². The van der Waals surface area contributed by atoms with Gasteiger partial charge in [0.1, 0.15) is 0 Å². The normalized spacial score (nSPS) is 0. The molecule has 15 heteroatoms. The molecule has 0 aliphatic rings. The molecule has 0 N–H and O–H groups in total. The first-order valence-corrected chi connectivity index (χ1v) is 0. The summed E-state index contributed by atoms with van der Waals surface area (Å²) in [6, 6.07) is 0. The van der Waals surface area contributed by atoms with E-state index in [0.29, 0.717) is 0 Å². The summed E-state index contributed by atoms with van der Waals surface area (Å²) in [5.41, 5.74) is 0. The van der Waals surface area contributed by atoms with Crippen molar-refractivity contribution in [2.24, 2.45) is 0 Å². The Kier molecular flexibility index (Phi) is 2560. The second kappa shape index (κ2) is 182. The molecule has 0 radical (unpaired) electrons. The summed E-state index contributed by atoms with van der Waals surface area (Å²) in [5.74, 6) is 0. The van der Waals surface area contributed by atoms with Crippen LogP contribution in [0.25, 0.3) is 0 Å². The Morgan fingerprint density at radius 2 is 0.267 bits per heavy atom. The average Bonchev–Trinajstić information content (AvgIpc) is 0. The van der Waals surface area contributed by atoms with Crippen molar-refractivity contribution in [3.63, 3.8) is 0 Å². The molecule has 0 fully saturated rings. The van der Waals surface area contributed by atoms with Gasteiger partial charge in [-0.3, -0.25) is 0 Å². The van der Waals surface area contributed by atoms with Crippen molar-refractivity contribution in [3.8, 4) is 0 Å². The molecule has 0 aliphatic carbocycles. The predicted octanol–water partition coefficient (Wildman–Crippen LogP) is -2.59. The molecule has 0 rings (SSSR count). The summed E-state index contributed by atoms with van der Waals surface area (Å²) in [7, 11) is 0. The van der Waals surface area contributed by atoms with Crippen molar-refractivity contribution >= 4 is 139 Å². The summed E-state index contributed by atoms with van der Waals surface area (Å²) in [4.78, 5) is 0. The molecule has 15 heavy (non-hydrogen) atoms. The van der Waals surface area contributed by atoms with Gasteiger partial charge < -0.3 is 49.3 Å². The van der Waals surface area contributed by atoms with Gasteiger partial charge in [-0.15, -0.1) is 0 Å². The second-order valence-corrected chi connectivity index (χ2v) is 0. The second-order valence-electron chi connectivity index (χ2n) is 0. The van der Waals surface area contributed by atoms with Crippen LogP contribution in [0.1, 0.15) is 0 Å². The molecule has 0 unspecified atom stereocenters. The van der Waals surface area contributed by atoms with E-state index in [1.54, 1.807) is 0 Å². The molecule has 0 spiro atoms. The molecule has 0 saturated carbocycles. The Morgan fingerprint density at radius 3 is 0.267 bits per heavy atom. The molecule has 0 aromatic rings. The standard InChI is InChI=1S/2La.9O.2Sn.2Sr/q2*+3;9*-2;2*+4;2*+2. The Bertz CT molecular complexity index is 24.1. The van der Waals surface area contributed by atoms with Crippen molar-refractivity contribution in [1.82, 2.24) is 0 Å². The van der Waals surface area contributed by atoms with Gasteiger partial charge in [0.15, 0.2) is 0 Å². The minimum atomic E-state index is 0. The molecular weight excluding hydrogens is 834 g/mol. The van der Waals surface area contributed by atoms with Crippen LogP contribution in [0.2, 0.25) is 0 Å². The van der Waals surface area contributed by atoms with Gasteiger partial charge in [-0.2, -0.15) is 0 Å². The zero-order valence-electron chi connectivity index (χ0n) is 7.24. The third kappa shape index (κ3) is 164. The van der Waals surface area contributed by atoms with Gasteiger partial charge in [0, 0.05) is 0 Å². The van der Waals surface area contributed by atoms with Gasteiger partial charge in [0.05, 0.1) is 0 Å². The number of rotatable bonds is 0. The van der Waals surface area contributed by atoms with E-state index in [2.05, 4.69) is 0 Å². The number of hydrogen-bond acceptors (Lipinski definition) is 0. The van der Waals surface area contributed by atoms with E-state index < -0.39 is 0 Å². The zero-order valence-corrected chi connectivity index (χ0v) is 27.2. The third-order valence-electron chi connectivity index (χ3n) is 0. The number of hydrogen-bond donors (Lipinski definition) is 0. The van der Waals surface area contributed by atoms with Crippen LogP contribution < -0.4 is 0 Å². The average molecular weight is 834 g/mol. The fourth-order valence-corrected chi connectivity index (χ4v) is 0. The van der Waals surface area contributed by atoms with Crippen molar-refractivity contribution < 1.29 is 120 Å². The maximum atomic E-state index is 0. The van der Waals surface area contributed by atoms with Gasteiger partial charge in [0.25, 0.3) is 0 Å². The predicted molar refractivity (Wildman–Crippen MR) is 29.2 cm³/mol. The van der Waals surface area contributed by atoms with Crippen LogP contribution >= 0.6 is 0 Å². The molecule has 9 nitrogen and oxygen atoms in total. The Hall–Kier alpha value is 6.59. The summed E-state index contributed by atoms with van der Waals surface area (Å²) in [6.45, 7) is 0. The van der Waals surface area contributed by atoms with Crippen LogP contribution in [0.5, 0.6) is 0 Å². The van der Waals surface area contributed by atoms with Gasteiger partial charge in [-0.1, -0.05) is 0 Å². The van der Waals surface area contributed by atoms with Gasteiger partial charge >= 0.3 is 210 Å². The maximum Gasteiger partial charge on any atom is 4.00 e. The van der Waals surface area contributed by atoms with Crippen molar-refractivity contribution in [1.29, 1.82) is 0 Å². The minimum absolute atomic E-state index is 0. The molecule has 0 heterocycles. The SMILES string of the molecule is [La+3].[La+3].[O-2].[O-2].[O-2].[O-2].[O-2].[O-2].[O-2].[O-2].[O-2].[Sn+4].[Sn+4].[Sr+2].[Sr+2]. The smallest absolute Gasteiger partial charge is 2.00 e. The van der Waals surface area contributed by atoms with E-state index in [-0.39, 0.29) is 259 Å². The summed E-state index contributed by atoms with van der Waals surface area (Å²) in [6.07, 6.45) is 0. The Morgan fingerprint density at radius 1 is 0.267 bits per heavy atom. The molecule has 0 aromatic heterocycles. The molecule has 0 saturated heterocycles. The third-order valence-corrected chi connectivity index (χ3v) is 0. The maximum absolute atomic E-state index is 0. The van der Waals surface area contributed by atoms with E-state index >= 15 is 0 Å². The molecule has 72 valence electrons. The van der Waals surface area contributed by atoms with E-state index in [1.165, 1.54) is 0 Å². The van der Waals surface area contributed by atoms with Crippen molar-refractivity contribution in [2.45, 2.75) is 0 Å². The van der Waals surface area contributed by atoms with Gasteiger partial charge in [-0.25, -0.2) is 0 Å². The van der Waals surface area contributed by atoms with E-state index in [1.807, 2.05) is 0 Å². The van der Waals surface area contributed by atoms with Crippen LogP contribution in [0.15, 0.2) is 0 Å². The van der Waals surface area contributed by atoms with E-state index in [0.717, 1.165) is 0 Å². The quantitative estimate of drug-likeness (QED) is 0.228. The first kappa shape index (κ1) is 211. The van der Waals surface area contributed by atoms with Gasteiger partial charge in [0.2, 0.25) is 0 Å². The van der Waals surface area contributed by atoms with Crippen LogP contribution in [-0.2, 0) is 49.3 Å². The Balaban J connectivity index is 0. The summed E-state index contributed by atoms with van der Waals surface area (Å²) < 4.78 is 0. The molecule has 0 aliphatic heterocycles. The fraction of sp³-hybridized carbons (Fsp3) is 0. The zero-order chi connectivity index (χ0) is 0. The van der Waals surface area contributed by atoms with Crippen LogP contribution in [0.3, 0.4) is 0 Å². The van der Waals surface area contributed by atoms with Crippen LogP contribution in [0.4, 0.5) is 0 Å². The van der Waals surface area contributed by atoms with Crippen LogP contribution in [-0.4, -0.2) is 139 Å². The van der Waals surface area contributed by atoms with Crippen molar-refractivity contribution in [3.05, 3.63) is 0 Å². The van der Waals surface area contributed by atoms with E-state index in [4.69, 9.17) is 0 Å². The molecule has 0 amide bonds. The monoisotopic (exact) mass is 837 g/mol. The first-order chi connectivity index (χ1) is 0. The molecular formula is La2O9Sn2Sr2. The van der Waals surface area contributed by atoms with Crippen LogP contribution in [0, 0.1) is 71.2 Å². The summed E-state index contributed by atoms with van der Waals surface area (Å²) in [5, 5.41) is 0. The largest absolute Gasteiger partial charge is 4.00 e. The van der Waals surface area contributed by atoms with E-state index in [9.17, 15) is 0 Å². The minimum Gasteiger partial charge on any atom is -2.00 e. The van der Waals surface area contributed by atoms with Gasteiger partial charge in [-0.05, 0) is 0 Å². The molecule has 0 bridgehead atoms. The first-order valence-electron chi connectivity index (χ1n) is 0.